The maximum absolute atomic E-state index is 12.6. The van der Waals surface area contributed by atoms with Crippen molar-refractivity contribution in [1.82, 2.24) is 9.80 Å². The summed E-state index contributed by atoms with van der Waals surface area (Å²) in [6.07, 6.45) is 3.14. The summed E-state index contributed by atoms with van der Waals surface area (Å²) in [5.74, 6) is -0.242. The number of nitrogens with zero attached hydrogens (tertiary/aromatic N) is 2. The number of amides is 2. The Morgan fingerprint density at radius 2 is 1.75 bits per heavy atom. The Labute approximate surface area is 142 Å². The molecule has 24 heavy (non-hydrogen) atoms. The van der Waals surface area contributed by atoms with Gasteiger partial charge in [0.05, 0.1) is 17.9 Å². The molecule has 0 aromatic heterocycles. The molecular weight excluding hydrogens is 304 g/mol. The zero-order valence-electron chi connectivity index (χ0n) is 13.9. The molecular formula is C19H24N2O3. The van der Waals surface area contributed by atoms with Crippen LogP contribution in [0.2, 0.25) is 0 Å². The summed E-state index contributed by atoms with van der Waals surface area (Å²) in [6.45, 7) is 3.53. The smallest absolute Gasteiger partial charge is 0.234 e. The highest BCUT2D eigenvalue weighted by atomic mass is 16.5. The predicted molar refractivity (Wildman–Crippen MR) is 89.0 cm³/mol. The summed E-state index contributed by atoms with van der Waals surface area (Å²) in [7, 11) is 0. The molecule has 0 bridgehead atoms. The van der Waals surface area contributed by atoms with Gasteiger partial charge < -0.3 is 4.74 Å². The van der Waals surface area contributed by atoms with Gasteiger partial charge in [-0.1, -0.05) is 30.3 Å². The molecule has 2 amide bonds. The molecule has 0 aliphatic carbocycles. The van der Waals surface area contributed by atoms with Crippen LogP contribution in [0.4, 0.5) is 0 Å². The van der Waals surface area contributed by atoms with Crippen LogP contribution in [0.5, 0.6) is 0 Å². The lowest BCUT2D eigenvalue weighted by Crippen LogP contribution is -2.37. The van der Waals surface area contributed by atoms with Gasteiger partial charge in [-0.25, -0.2) is 0 Å². The minimum absolute atomic E-state index is 0.0264. The number of fused-ring (bicyclic) bond motifs is 1. The molecule has 0 saturated carbocycles. The van der Waals surface area contributed by atoms with E-state index in [0.29, 0.717) is 19.6 Å². The van der Waals surface area contributed by atoms with E-state index in [0.717, 1.165) is 32.4 Å². The minimum atomic E-state index is -0.147. The molecule has 3 saturated heterocycles. The lowest BCUT2D eigenvalue weighted by Gasteiger charge is -2.21. The Morgan fingerprint density at radius 3 is 2.38 bits per heavy atom. The van der Waals surface area contributed by atoms with E-state index in [2.05, 4.69) is 17.0 Å². The maximum atomic E-state index is 12.6. The molecule has 1 aromatic rings. The summed E-state index contributed by atoms with van der Waals surface area (Å²) in [4.78, 5) is 29.0. The Balaban J connectivity index is 1.35. The molecule has 0 N–H and O–H groups in total. The Bertz CT molecular complexity index is 588. The molecule has 3 heterocycles. The van der Waals surface area contributed by atoms with E-state index >= 15 is 0 Å². The van der Waals surface area contributed by atoms with Crippen LogP contribution in [0.1, 0.15) is 24.8 Å². The van der Waals surface area contributed by atoms with Crippen molar-refractivity contribution in [3.63, 3.8) is 0 Å². The predicted octanol–water partition coefficient (Wildman–Crippen LogP) is 1.67. The van der Waals surface area contributed by atoms with E-state index < -0.39 is 0 Å². The van der Waals surface area contributed by atoms with E-state index in [4.69, 9.17) is 4.74 Å². The van der Waals surface area contributed by atoms with Crippen molar-refractivity contribution in [2.75, 3.05) is 26.2 Å². The third kappa shape index (κ3) is 2.98. The summed E-state index contributed by atoms with van der Waals surface area (Å²) < 4.78 is 5.60. The number of benzene rings is 1. The van der Waals surface area contributed by atoms with Crippen LogP contribution >= 0.6 is 0 Å². The fourth-order valence-electron chi connectivity index (χ4n) is 4.23. The molecule has 0 spiro atoms. The third-order valence-corrected chi connectivity index (χ3v) is 5.51. The fraction of sp³-hybridized carbons (Fsp3) is 0.579. The monoisotopic (exact) mass is 328 g/mol. The quantitative estimate of drug-likeness (QED) is 0.772. The van der Waals surface area contributed by atoms with Gasteiger partial charge in [0.25, 0.3) is 0 Å². The third-order valence-electron chi connectivity index (χ3n) is 5.51. The van der Waals surface area contributed by atoms with E-state index in [9.17, 15) is 9.59 Å². The van der Waals surface area contributed by atoms with E-state index in [-0.39, 0.29) is 29.8 Å². The van der Waals surface area contributed by atoms with Gasteiger partial charge in [-0.3, -0.25) is 19.4 Å². The number of hydrogen-bond donors (Lipinski definition) is 0. The second kappa shape index (κ2) is 6.65. The highest BCUT2D eigenvalue weighted by Gasteiger charge is 2.51. The van der Waals surface area contributed by atoms with E-state index in [1.54, 1.807) is 0 Å². The number of hydrogen-bond acceptors (Lipinski definition) is 4. The number of carbonyl (C=O) groups excluding carboxylic acids is 2. The van der Waals surface area contributed by atoms with Crippen molar-refractivity contribution in [3.8, 4) is 0 Å². The lowest BCUT2D eigenvalue weighted by atomic mass is 10.00. The van der Waals surface area contributed by atoms with Gasteiger partial charge in [-0.05, 0) is 24.8 Å². The van der Waals surface area contributed by atoms with E-state index in [1.165, 1.54) is 10.5 Å². The van der Waals surface area contributed by atoms with Crippen LogP contribution in [-0.2, 0) is 20.9 Å². The van der Waals surface area contributed by atoms with Crippen molar-refractivity contribution in [3.05, 3.63) is 35.9 Å². The maximum Gasteiger partial charge on any atom is 0.234 e. The normalized spacial score (nSPS) is 30.3. The largest absolute Gasteiger partial charge is 0.378 e. The van der Waals surface area contributed by atoms with Crippen molar-refractivity contribution in [2.45, 2.75) is 31.9 Å². The second-order valence-corrected chi connectivity index (χ2v) is 7.14. The van der Waals surface area contributed by atoms with Gasteiger partial charge in [0.1, 0.15) is 0 Å². The van der Waals surface area contributed by atoms with Crippen molar-refractivity contribution >= 4 is 11.8 Å². The van der Waals surface area contributed by atoms with Crippen LogP contribution in [0.3, 0.4) is 0 Å². The number of imide groups is 1. The molecule has 4 rings (SSSR count). The first kappa shape index (κ1) is 15.8. The average Bonchev–Trinajstić information content (AvgIpc) is 3.28. The first-order valence-electron chi connectivity index (χ1n) is 8.95. The standard InChI is InChI=1S/C19H24N2O3/c22-18-16-12-20(11-14-5-2-1-3-6-14)13-17(16)19(23)21(18)9-8-15-7-4-10-24-15/h1-3,5-6,15-17H,4,7-13H2/t15-,16-,17+/m0/s1. The Hall–Kier alpha value is -1.72. The lowest BCUT2D eigenvalue weighted by molar-refractivity contribution is -0.141. The van der Waals surface area contributed by atoms with Crippen LogP contribution < -0.4 is 0 Å². The summed E-state index contributed by atoms with van der Waals surface area (Å²) in [5, 5.41) is 0. The first-order valence-corrected chi connectivity index (χ1v) is 8.95. The van der Waals surface area contributed by atoms with Gasteiger partial charge in [0.2, 0.25) is 11.8 Å². The first-order chi connectivity index (χ1) is 11.7. The molecule has 3 aliphatic rings. The van der Waals surface area contributed by atoms with Gasteiger partial charge in [-0.15, -0.1) is 0 Å². The Kier molecular flexibility index (Phi) is 4.37. The summed E-state index contributed by atoms with van der Waals surface area (Å²) in [5.41, 5.74) is 1.23. The molecule has 1 aromatic carbocycles. The molecule has 5 heteroatoms. The van der Waals surface area contributed by atoms with Gasteiger partial charge >= 0.3 is 0 Å². The molecule has 0 radical (unpaired) electrons. The molecule has 3 atom stereocenters. The van der Waals surface area contributed by atoms with Gasteiger partial charge in [-0.2, -0.15) is 0 Å². The topological polar surface area (TPSA) is 49.9 Å². The fourth-order valence-corrected chi connectivity index (χ4v) is 4.23. The van der Waals surface area contributed by atoms with E-state index in [1.807, 2.05) is 18.2 Å². The van der Waals surface area contributed by atoms with Gasteiger partial charge in [0, 0.05) is 32.8 Å². The molecule has 3 fully saturated rings. The molecule has 128 valence electrons. The van der Waals surface area contributed by atoms with Crippen molar-refractivity contribution < 1.29 is 14.3 Å². The summed E-state index contributed by atoms with van der Waals surface area (Å²) in [6, 6.07) is 10.2. The Morgan fingerprint density at radius 1 is 1.04 bits per heavy atom. The minimum Gasteiger partial charge on any atom is -0.378 e. The number of ether oxygens (including phenoxy) is 1. The highest BCUT2D eigenvalue weighted by molar-refractivity contribution is 6.05. The SMILES string of the molecule is O=C1[C@H]2CN(Cc3ccccc3)C[C@H]2C(=O)N1CC[C@@H]1CCCO1. The molecule has 3 aliphatic heterocycles. The van der Waals surface area contributed by atoms with Crippen LogP contribution in [0, 0.1) is 11.8 Å². The van der Waals surface area contributed by atoms with Crippen LogP contribution in [-0.4, -0.2) is 54.0 Å². The number of rotatable bonds is 5. The molecule has 5 nitrogen and oxygen atoms in total. The van der Waals surface area contributed by atoms with Crippen LogP contribution in [0.25, 0.3) is 0 Å². The summed E-state index contributed by atoms with van der Waals surface area (Å²) >= 11 is 0. The van der Waals surface area contributed by atoms with Crippen LogP contribution in [0.15, 0.2) is 30.3 Å². The van der Waals surface area contributed by atoms with Crippen molar-refractivity contribution in [2.24, 2.45) is 11.8 Å². The zero-order chi connectivity index (χ0) is 16.5. The van der Waals surface area contributed by atoms with Gasteiger partial charge in [0.15, 0.2) is 0 Å². The van der Waals surface area contributed by atoms with Crippen molar-refractivity contribution in [1.29, 1.82) is 0 Å². The number of likely N-dealkylation sites (tertiary alicyclic amines) is 2. The number of carbonyl (C=O) groups is 2. The second-order valence-electron chi connectivity index (χ2n) is 7.14. The highest BCUT2D eigenvalue weighted by Crippen LogP contribution is 2.34. The average molecular weight is 328 g/mol. The molecule has 0 unspecified atom stereocenters. The zero-order valence-corrected chi connectivity index (χ0v) is 13.9.